The molecule has 2 bridgehead atoms. The summed E-state index contributed by atoms with van der Waals surface area (Å²) in [4.78, 5) is 19.6. The lowest BCUT2D eigenvalue weighted by Crippen LogP contribution is -2.21. The maximum Gasteiger partial charge on any atom is 0.451 e. The molecule has 0 spiro atoms. The van der Waals surface area contributed by atoms with E-state index in [0.29, 0.717) is 11.5 Å². The number of aromatic nitrogens is 4. The van der Waals surface area contributed by atoms with Crippen LogP contribution in [-0.4, -0.2) is 26.1 Å². The van der Waals surface area contributed by atoms with Crippen molar-refractivity contribution >= 4 is 5.97 Å². The van der Waals surface area contributed by atoms with Crippen LogP contribution in [0.25, 0.3) is 11.5 Å². The van der Waals surface area contributed by atoms with Crippen LogP contribution < -0.4 is 0 Å². The van der Waals surface area contributed by atoms with Gasteiger partial charge in [0.25, 0.3) is 0 Å². The molecule has 26 heavy (non-hydrogen) atoms. The van der Waals surface area contributed by atoms with Gasteiger partial charge in [0.2, 0.25) is 5.82 Å². The number of carbonyl (C=O) groups excluding carboxylic acids is 1. The lowest BCUT2D eigenvalue weighted by atomic mass is 9.94. The Morgan fingerprint density at radius 3 is 2.69 bits per heavy atom. The number of pyridine rings is 1. The average Bonchev–Trinajstić information content (AvgIpc) is 3.35. The molecule has 0 saturated heterocycles. The first-order valence-corrected chi connectivity index (χ1v) is 8.20. The molecule has 0 radical (unpaired) electrons. The largest absolute Gasteiger partial charge is 0.461 e. The Morgan fingerprint density at radius 2 is 2.12 bits per heavy atom. The summed E-state index contributed by atoms with van der Waals surface area (Å²) in [6.07, 6.45) is 2.95. The van der Waals surface area contributed by atoms with Crippen LogP contribution >= 0.6 is 0 Å². The van der Waals surface area contributed by atoms with Gasteiger partial charge in [-0.3, -0.25) is 14.9 Å². The van der Waals surface area contributed by atoms with Crippen LogP contribution in [0.2, 0.25) is 0 Å². The van der Waals surface area contributed by atoms with Gasteiger partial charge in [0.1, 0.15) is 12.3 Å². The second kappa shape index (κ2) is 6.22. The molecule has 0 aromatic carbocycles. The van der Waals surface area contributed by atoms with Crippen molar-refractivity contribution in [2.75, 3.05) is 0 Å². The fraction of sp³-hybridized carbons (Fsp3) is 0.412. The van der Waals surface area contributed by atoms with Crippen LogP contribution in [0.1, 0.15) is 24.2 Å². The molecule has 2 aliphatic rings. The smallest absolute Gasteiger partial charge is 0.451 e. The average molecular weight is 364 g/mol. The van der Waals surface area contributed by atoms with E-state index in [1.165, 1.54) is 12.3 Å². The first-order valence-electron chi connectivity index (χ1n) is 8.20. The number of aromatic amines is 1. The number of H-pyrrole nitrogens is 1. The fourth-order valence-corrected chi connectivity index (χ4v) is 3.46. The standard InChI is InChI=1S/C17H15F3N4O2/c18-17(19,20)16-22-14(23-24-16)13-4-2-10(7-21-13)8-26-15(25)12-6-9-1-3-11(12)5-9/h1-4,7,9,11-12H,5-6,8H2,(H,22,23,24)/t9-,11+,12+/m0/s1. The van der Waals surface area contributed by atoms with Crippen molar-refractivity contribution in [3.63, 3.8) is 0 Å². The lowest BCUT2D eigenvalue weighted by Gasteiger charge is -2.16. The minimum absolute atomic E-state index is 0.0749. The molecule has 136 valence electrons. The first kappa shape index (κ1) is 16.7. The highest BCUT2D eigenvalue weighted by Crippen LogP contribution is 2.43. The van der Waals surface area contributed by atoms with Gasteiger partial charge >= 0.3 is 12.1 Å². The molecule has 6 nitrogen and oxygen atoms in total. The summed E-state index contributed by atoms with van der Waals surface area (Å²) in [5.74, 6) is -0.842. The lowest BCUT2D eigenvalue weighted by molar-refractivity contribution is -0.150. The summed E-state index contributed by atoms with van der Waals surface area (Å²) < 4.78 is 43.0. The highest BCUT2D eigenvalue weighted by molar-refractivity contribution is 5.74. The molecule has 9 heteroatoms. The van der Waals surface area contributed by atoms with Gasteiger partial charge < -0.3 is 4.74 Å². The normalized spacial score (nSPS) is 24.2. The molecule has 0 amide bonds. The number of alkyl halides is 3. The van der Waals surface area contributed by atoms with Crippen molar-refractivity contribution in [1.82, 2.24) is 20.2 Å². The molecule has 1 fully saturated rings. The Hall–Kier alpha value is -2.71. The summed E-state index contributed by atoms with van der Waals surface area (Å²) in [7, 11) is 0. The van der Waals surface area contributed by atoms with Crippen LogP contribution in [0.15, 0.2) is 30.5 Å². The molecule has 2 aliphatic carbocycles. The summed E-state index contributed by atoms with van der Waals surface area (Å²) in [5.41, 5.74) is 0.845. The number of rotatable bonds is 4. The maximum atomic E-state index is 12.5. The third-order valence-electron chi connectivity index (χ3n) is 4.77. The van der Waals surface area contributed by atoms with Crippen molar-refractivity contribution in [1.29, 1.82) is 0 Å². The number of halogens is 3. The van der Waals surface area contributed by atoms with E-state index in [4.69, 9.17) is 4.74 Å². The molecular weight excluding hydrogens is 349 g/mol. The Labute approximate surface area is 146 Å². The van der Waals surface area contributed by atoms with Gasteiger partial charge in [-0.25, -0.2) is 4.98 Å². The number of hydrogen-bond acceptors (Lipinski definition) is 5. The molecule has 2 aromatic heterocycles. The minimum Gasteiger partial charge on any atom is -0.461 e. The third-order valence-corrected chi connectivity index (χ3v) is 4.77. The molecule has 1 saturated carbocycles. The molecule has 0 unspecified atom stereocenters. The van der Waals surface area contributed by atoms with Gasteiger partial charge in [-0.1, -0.05) is 18.2 Å². The van der Waals surface area contributed by atoms with E-state index in [1.807, 2.05) is 5.10 Å². The number of nitrogens with zero attached hydrogens (tertiary/aromatic N) is 3. The molecular formula is C17H15F3N4O2. The van der Waals surface area contributed by atoms with E-state index in [-0.39, 0.29) is 35.9 Å². The summed E-state index contributed by atoms with van der Waals surface area (Å²) in [6.45, 7) is 0.0749. The second-order valence-electron chi connectivity index (χ2n) is 6.55. The van der Waals surface area contributed by atoms with Gasteiger partial charge in [-0.15, -0.1) is 0 Å². The minimum atomic E-state index is -4.59. The van der Waals surface area contributed by atoms with E-state index in [0.717, 1.165) is 12.8 Å². The first-order chi connectivity index (χ1) is 12.4. The second-order valence-corrected chi connectivity index (χ2v) is 6.55. The molecule has 0 aliphatic heterocycles. The highest BCUT2D eigenvalue weighted by atomic mass is 19.4. The summed E-state index contributed by atoms with van der Waals surface area (Å²) in [5, 5.41) is 5.36. The van der Waals surface area contributed by atoms with Crippen molar-refractivity contribution in [3.05, 3.63) is 41.9 Å². The molecule has 4 rings (SSSR count). The van der Waals surface area contributed by atoms with Crippen LogP contribution in [-0.2, 0) is 22.3 Å². The SMILES string of the molecule is O=C(OCc1ccc(-c2n[nH]c(C(F)(F)F)n2)nc1)[C@@H]1C[C@H]2C=C[C@@H]1C2. The topological polar surface area (TPSA) is 80.8 Å². The molecule has 3 atom stereocenters. The van der Waals surface area contributed by atoms with Crippen LogP contribution in [0.5, 0.6) is 0 Å². The summed E-state index contributed by atoms with van der Waals surface area (Å²) in [6, 6.07) is 3.12. The highest BCUT2D eigenvalue weighted by Gasteiger charge is 2.40. The zero-order chi connectivity index (χ0) is 18.3. The Bertz CT molecular complexity index is 844. The number of fused-ring (bicyclic) bond motifs is 2. The van der Waals surface area contributed by atoms with E-state index < -0.39 is 12.0 Å². The van der Waals surface area contributed by atoms with Crippen molar-refractivity contribution in [2.45, 2.75) is 25.6 Å². The van der Waals surface area contributed by atoms with Gasteiger partial charge in [0.15, 0.2) is 5.82 Å². The maximum absolute atomic E-state index is 12.5. The van der Waals surface area contributed by atoms with Gasteiger partial charge in [0.05, 0.1) is 5.92 Å². The zero-order valence-electron chi connectivity index (χ0n) is 13.5. The van der Waals surface area contributed by atoms with E-state index in [1.54, 1.807) is 6.07 Å². The summed E-state index contributed by atoms with van der Waals surface area (Å²) >= 11 is 0. The predicted molar refractivity (Wildman–Crippen MR) is 83.3 cm³/mol. The number of allylic oxidation sites excluding steroid dienone is 2. The van der Waals surface area contributed by atoms with Gasteiger partial charge in [0, 0.05) is 11.8 Å². The Morgan fingerprint density at radius 1 is 1.27 bits per heavy atom. The Kier molecular flexibility index (Phi) is 4.01. The molecule has 1 N–H and O–H groups in total. The molecule has 2 aromatic rings. The van der Waals surface area contributed by atoms with E-state index in [9.17, 15) is 18.0 Å². The predicted octanol–water partition coefficient (Wildman–Crippen LogP) is 3.14. The van der Waals surface area contributed by atoms with Crippen LogP contribution in [0.4, 0.5) is 13.2 Å². The third kappa shape index (κ3) is 3.21. The van der Waals surface area contributed by atoms with Crippen molar-refractivity contribution < 1.29 is 22.7 Å². The van der Waals surface area contributed by atoms with Crippen molar-refractivity contribution in [2.24, 2.45) is 17.8 Å². The number of ether oxygens (including phenoxy) is 1. The molecule has 2 heterocycles. The fourth-order valence-electron chi connectivity index (χ4n) is 3.46. The van der Waals surface area contributed by atoms with E-state index in [2.05, 4.69) is 27.2 Å². The number of nitrogens with one attached hydrogen (secondary N) is 1. The van der Waals surface area contributed by atoms with Crippen LogP contribution in [0, 0.1) is 17.8 Å². The van der Waals surface area contributed by atoms with E-state index >= 15 is 0 Å². The van der Waals surface area contributed by atoms with Gasteiger partial charge in [-0.2, -0.15) is 18.3 Å². The van der Waals surface area contributed by atoms with Crippen molar-refractivity contribution in [3.8, 4) is 11.5 Å². The zero-order valence-corrected chi connectivity index (χ0v) is 13.5. The Balaban J connectivity index is 1.36. The van der Waals surface area contributed by atoms with Gasteiger partial charge in [-0.05, 0) is 30.7 Å². The number of carbonyl (C=O) groups is 1. The van der Waals surface area contributed by atoms with Crippen LogP contribution in [0.3, 0.4) is 0 Å². The quantitative estimate of drug-likeness (QED) is 0.666. The monoisotopic (exact) mass is 364 g/mol. The number of esters is 1. The number of hydrogen-bond donors (Lipinski definition) is 1.